The molecule has 1 unspecified atom stereocenters. The molecule has 3 atom stereocenters. The third kappa shape index (κ3) is 3.31. The van der Waals surface area contributed by atoms with E-state index in [0.29, 0.717) is 12.8 Å². The first-order valence-electron chi connectivity index (χ1n) is 9.13. The Morgan fingerprint density at radius 3 is 2.78 bits per heavy atom. The minimum absolute atomic E-state index is 0.0500. The summed E-state index contributed by atoms with van der Waals surface area (Å²) in [6, 6.07) is 0.816. The van der Waals surface area contributed by atoms with Crippen molar-refractivity contribution in [3.8, 4) is 0 Å². The quantitative estimate of drug-likeness (QED) is 0.649. The Morgan fingerprint density at radius 1 is 1.33 bits per heavy atom. The van der Waals surface area contributed by atoms with E-state index in [1.165, 1.54) is 11.3 Å². The van der Waals surface area contributed by atoms with Crippen LogP contribution >= 0.6 is 11.3 Å². The number of hydrogen-bond acceptors (Lipinski definition) is 5. The third-order valence-electron chi connectivity index (χ3n) is 5.65. The van der Waals surface area contributed by atoms with Crippen molar-refractivity contribution < 1.29 is 19.2 Å². The van der Waals surface area contributed by atoms with Crippen molar-refractivity contribution in [2.24, 2.45) is 5.92 Å². The van der Waals surface area contributed by atoms with Crippen molar-refractivity contribution >= 4 is 35.1 Å². The standard InChI is InChI=1S/C18H22N4O4S/c1-18(11-2-3-11)16(25)22(17(26)21-18)8-14(24)19-12-4-5-13(23)20-15(12)10-6-7-27-9-10/h6-7,9,11-12,15H,2-5,8H2,1H3,(H,19,24)(H,20,23)(H,21,26)/t12-,15+,18?/m1/s1. The molecule has 3 N–H and O–H groups in total. The lowest BCUT2D eigenvalue weighted by atomic mass is 9.93. The summed E-state index contributed by atoms with van der Waals surface area (Å²) in [7, 11) is 0. The number of rotatable bonds is 5. The zero-order valence-electron chi connectivity index (χ0n) is 15.0. The van der Waals surface area contributed by atoms with E-state index in [-0.39, 0.29) is 36.4 Å². The number of imide groups is 1. The molecule has 1 aromatic rings. The molecule has 2 aliphatic heterocycles. The average molecular weight is 390 g/mol. The molecule has 4 rings (SSSR count). The van der Waals surface area contributed by atoms with Gasteiger partial charge in [-0.15, -0.1) is 0 Å². The number of carbonyl (C=O) groups excluding carboxylic acids is 4. The monoisotopic (exact) mass is 390 g/mol. The van der Waals surface area contributed by atoms with Crippen LogP contribution in [-0.4, -0.2) is 46.8 Å². The molecular weight excluding hydrogens is 368 g/mol. The molecule has 2 saturated heterocycles. The van der Waals surface area contributed by atoms with Gasteiger partial charge in [-0.3, -0.25) is 19.3 Å². The van der Waals surface area contributed by atoms with Crippen LogP contribution in [0.5, 0.6) is 0 Å². The minimum atomic E-state index is -0.893. The van der Waals surface area contributed by atoms with Gasteiger partial charge in [0.1, 0.15) is 12.1 Å². The molecule has 3 heterocycles. The maximum Gasteiger partial charge on any atom is 0.325 e. The van der Waals surface area contributed by atoms with Crippen LogP contribution in [0.15, 0.2) is 16.8 Å². The lowest BCUT2D eigenvalue weighted by molar-refractivity contribution is -0.135. The van der Waals surface area contributed by atoms with Gasteiger partial charge in [0, 0.05) is 6.42 Å². The van der Waals surface area contributed by atoms with Crippen LogP contribution in [0, 0.1) is 5.92 Å². The van der Waals surface area contributed by atoms with Crippen molar-refractivity contribution in [2.75, 3.05) is 6.54 Å². The summed E-state index contributed by atoms with van der Waals surface area (Å²) < 4.78 is 0. The van der Waals surface area contributed by atoms with Crippen molar-refractivity contribution in [1.82, 2.24) is 20.9 Å². The first-order valence-corrected chi connectivity index (χ1v) is 10.1. The number of carbonyl (C=O) groups is 4. The Morgan fingerprint density at radius 2 is 2.11 bits per heavy atom. The Labute approximate surface area is 160 Å². The second kappa shape index (κ2) is 6.63. The van der Waals surface area contributed by atoms with Gasteiger partial charge in [-0.2, -0.15) is 11.3 Å². The minimum Gasteiger partial charge on any atom is -0.349 e. The molecular formula is C18H22N4O4S. The first-order chi connectivity index (χ1) is 12.9. The maximum atomic E-state index is 12.6. The Kier molecular flexibility index (Phi) is 4.41. The molecule has 1 aliphatic carbocycles. The van der Waals surface area contributed by atoms with Crippen LogP contribution in [0.2, 0.25) is 0 Å². The molecule has 3 aliphatic rings. The fourth-order valence-electron chi connectivity index (χ4n) is 3.92. The van der Waals surface area contributed by atoms with Gasteiger partial charge in [0.25, 0.3) is 5.91 Å². The van der Waals surface area contributed by atoms with Crippen LogP contribution in [-0.2, 0) is 14.4 Å². The summed E-state index contributed by atoms with van der Waals surface area (Å²) in [5.41, 5.74) is 0.0460. The van der Waals surface area contributed by atoms with Gasteiger partial charge in [0.05, 0.1) is 12.1 Å². The van der Waals surface area contributed by atoms with Crippen molar-refractivity contribution in [3.05, 3.63) is 22.4 Å². The number of nitrogens with one attached hydrogen (secondary N) is 3. The maximum absolute atomic E-state index is 12.6. The summed E-state index contributed by atoms with van der Waals surface area (Å²) in [6.07, 6.45) is 2.66. The summed E-state index contributed by atoms with van der Waals surface area (Å²) in [6.45, 7) is 1.42. The molecule has 1 saturated carbocycles. The van der Waals surface area contributed by atoms with E-state index in [1.54, 1.807) is 6.92 Å². The summed E-state index contributed by atoms with van der Waals surface area (Å²) in [5.74, 6) is -0.638. The van der Waals surface area contributed by atoms with E-state index < -0.39 is 17.5 Å². The lowest BCUT2D eigenvalue weighted by Crippen LogP contribution is -2.52. The van der Waals surface area contributed by atoms with Crippen LogP contribution in [0.3, 0.4) is 0 Å². The topological polar surface area (TPSA) is 108 Å². The SMILES string of the molecule is CC1(C2CC2)NC(=O)N(CC(=O)N[C@@H]2CCC(=O)N[C@H]2c2ccsc2)C1=O. The molecule has 5 amide bonds. The zero-order chi connectivity index (χ0) is 19.2. The van der Waals surface area contributed by atoms with Crippen LogP contribution in [0.1, 0.15) is 44.2 Å². The van der Waals surface area contributed by atoms with Gasteiger partial charge in [0.2, 0.25) is 11.8 Å². The molecule has 0 radical (unpaired) electrons. The third-order valence-corrected chi connectivity index (χ3v) is 6.35. The van der Waals surface area contributed by atoms with Crippen LogP contribution in [0.25, 0.3) is 0 Å². The van der Waals surface area contributed by atoms with E-state index in [9.17, 15) is 19.2 Å². The van der Waals surface area contributed by atoms with Crippen molar-refractivity contribution in [2.45, 2.75) is 50.2 Å². The highest BCUT2D eigenvalue weighted by Crippen LogP contribution is 2.42. The second-order valence-electron chi connectivity index (χ2n) is 7.61. The number of thiophene rings is 1. The van der Waals surface area contributed by atoms with Gasteiger partial charge < -0.3 is 16.0 Å². The van der Waals surface area contributed by atoms with Gasteiger partial charge >= 0.3 is 6.03 Å². The van der Waals surface area contributed by atoms with Crippen LogP contribution < -0.4 is 16.0 Å². The molecule has 8 nitrogen and oxygen atoms in total. The molecule has 9 heteroatoms. The summed E-state index contributed by atoms with van der Waals surface area (Å²) in [5, 5.41) is 12.4. The lowest BCUT2D eigenvalue weighted by Gasteiger charge is -2.33. The average Bonchev–Trinajstić information content (AvgIpc) is 3.31. The number of hydrogen-bond donors (Lipinski definition) is 3. The highest BCUT2D eigenvalue weighted by molar-refractivity contribution is 7.08. The van der Waals surface area contributed by atoms with Crippen molar-refractivity contribution in [1.29, 1.82) is 0 Å². The summed E-state index contributed by atoms with van der Waals surface area (Å²) >= 11 is 1.52. The molecule has 0 bridgehead atoms. The largest absolute Gasteiger partial charge is 0.349 e. The normalized spacial score (nSPS) is 30.9. The van der Waals surface area contributed by atoms with Gasteiger partial charge in [0.15, 0.2) is 0 Å². The Bertz CT molecular complexity index is 791. The molecule has 3 fully saturated rings. The highest BCUT2D eigenvalue weighted by Gasteiger charge is 2.56. The predicted molar refractivity (Wildman–Crippen MR) is 97.7 cm³/mol. The summed E-state index contributed by atoms with van der Waals surface area (Å²) in [4.78, 5) is 50.2. The van der Waals surface area contributed by atoms with Gasteiger partial charge in [-0.05, 0) is 54.5 Å². The zero-order valence-corrected chi connectivity index (χ0v) is 15.8. The van der Waals surface area contributed by atoms with Crippen LogP contribution in [0.4, 0.5) is 4.79 Å². The molecule has 144 valence electrons. The number of piperidine rings is 1. The second-order valence-corrected chi connectivity index (χ2v) is 8.39. The van der Waals surface area contributed by atoms with E-state index in [0.717, 1.165) is 23.3 Å². The molecule has 0 spiro atoms. The van der Waals surface area contributed by atoms with E-state index in [1.807, 2.05) is 16.8 Å². The first kappa shape index (κ1) is 18.0. The van der Waals surface area contributed by atoms with E-state index in [4.69, 9.17) is 0 Å². The fraction of sp³-hybridized carbons (Fsp3) is 0.556. The molecule has 0 aromatic carbocycles. The predicted octanol–water partition coefficient (Wildman–Crippen LogP) is 0.904. The number of nitrogens with zero attached hydrogens (tertiary/aromatic N) is 1. The van der Waals surface area contributed by atoms with Gasteiger partial charge in [-0.1, -0.05) is 0 Å². The van der Waals surface area contributed by atoms with Crippen molar-refractivity contribution in [3.63, 3.8) is 0 Å². The number of urea groups is 1. The fourth-order valence-corrected chi connectivity index (χ4v) is 4.61. The highest BCUT2D eigenvalue weighted by atomic mass is 32.1. The molecule has 27 heavy (non-hydrogen) atoms. The molecule has 1 aromatic heterocycles. The smallest absolute Gasteiger partial charge is 0.325 e. The Balaban J connectivity index is 1.42. The number of amides is 5. The Hall–Kier alpha value is -2.42. The van der Waals surface area contributed by atoms with E-state index >= 15 is 0 Å². The van der Waals surface area contributed by atoms with Gasteiger partial charge in [-0.25, -0.2) is 4.79 Å². The van der Waals surface area contributed by atoms with E-state index in [2.05, 4.69) is 16.0 Å².